The summed E-state index contributed by atoms with van der Waals surface area (Å²) in [6.45, 7) is 4.25. The molecule has 1 saturated heterocycles. The van der Waals surface area contributed by atoms with Gasteiger partial charge in [0.05, 0.1) is 6.04 Å². The van der Waals surface area contributed by atoms with Crippen LogP contribution in [0.3, 0.4) is 0 Å². The van der Waals surface area contributed by atoms with Crippen LogP contribution in [0.2, 0.25) is 0 Å². The first-order valence-corrected chi connectivity index (χ1v) is 6.11. The Morgan fingerprint density at radius 2 is 2.20 bits per heavy atom. The number of hydrogen-bond donors (Lipinski definition) is 1. The highest BCUT2D eigenvalue weighted by atomic mass is 16.2. The SMILES string of the molecule is CNC1CCCN(CC2(C)CCC2)C1=O. The van der Waals surface area contributed by atoms with Crippen LogP contribution in [-0.4, -0.2) is 37.0 Å². The zero-order valence-electron chi connectivity index (χ0n) is 9.88. The molecular formula is C12H22N2O. The highest BCUT2D eigenvalue weighted by Gasteiger charge is 2.37. The van der Waals surface area contributed by atoms with E-state index in [2.05, 4.69) is 17.1 Å². The molecule has 2 aliphatic rings. The predicted octanol–water partition coefficient (Wildman–Crippen LogP) is 1.39. The summed E-state index contributed by atoms with van der Waals surface area (Å²) < 4.78 is 0. The summed E-state index contributed by atoms with van der Waals surface area (Å²) in [5, 5.41) is 3.11. The molecule has 3 heteroatoms. The molecule has 2 rings (SSSR count). The molecule has 1 saturated carbocycles. The fourth-order valence-corrected chi connectivity index (χ4v) is 2.76. The summed E-state index contributed by atoms with van der Waals surface area (Å²) >= 11 is 0. The van der Waals surface area contributed by atoms with Crippen molar-refractivity contribution in [1.29, 1.82) is 0 Å². The summed E-state index contributed by atoms with van der Waals surface area (Å²) in [5.74, 6) is 0.317. The van der Waals surface area contributed by atoms with Gasteiger partial charge in [0.25, 0.3) is 0 Å². The molecule has 0 aromatic heterocycles. The van der Waals surface area contributed by atoms with Crippen molar-refractivity contribution >= 4 is 5.91 Å². The lowest BCUT2D eigenvalue weighted by atomic mass is 9.70. The summed E-state index contributed by atoms with van der Waals surface area (Å²) in [4.78, 5) is 14.1. The zero-order valence-corrected chi connectivity index (χ0v) is 9.88. The van der Waals surface area contributed by atoms with Crippen molar-refractivity contribution < 1.29 is 4.79 Å². The lowest BCUT2D eigenvalue weighted by molar-refractivity contribution is -0.138. The van der Waals surface area contributed by atoms with Crippen LogP contribution < -0.4 is 5.32 Å². The van der Waals surface area contributed by atoms with Crippen molar-refractivity contribution in [3.05, 3.63) is 0 Å². The number of nitrogens with one attached hydrogen (secondary N) is 1. The fourth-order valence-electron chi connectivity index (χ4n) is 2.76. The van der Waals surface area contributed by atoms with Crippen molar-refractivity contribution in [1.82, 2.24) is 10.2 Å². The summed E-state index contributed by atoms with van der Waals surface area (Å²) in [6, 6.07) is 0.0717. The third-order valence-electron chi connectivity index (χ3n) is 4.01. The summed E-state index contributed by atoms with van der Waals surface area (Å²) in [7, 11) is 1.89. The van der Waals surface area contributed by atoms with Gasteiger partial charge in [0, 0.05) is 13.1 Å². The molecule has 0 spiro atoms. The van der Waals surface area contributed by atoms with Crippen LogP contribution >= 0.6 is 0 Å². The topological polar surface area (TPSA) is 32.3 Å². The number of likely N-dealkylation sites (N-methyl/N-ethyl adjacent to an activating group) is 1. The second kappa shape index (κ2) is 4.12. The fraction of sp³-hybridized carbons (Fsp3) is 0.917. The minimum absolute atomic E-state index is 0.0717. The molecule has 15 heavy (non-hydrogen) atoms. The largest absolute Gasteiger partial charge is 0.341 e. The van der Waals surface area contributed by atoms with E-state index in [0.717, 1.165) is 25.9 Å². The van der Waals surface area contributed by atoms with Gasteiger partial charge in [-0.3, -0.25) is 4.79 Å². The minimum Gasteiger partial charge on any atom is -0.341 e. The Morgan fingerprint density at radius 3 is 2.73 bits per heavy atom. The van der Waals surface area contributed by atoms with Crippen LogP contribution in [-0.2, 0) is 4.79 Å². The maximum absolute atomic E-state index is 12.0. The molecule has 3 nitrogen and oxygen atoms in total. The number of piperidine rings is 1. The molecule has 0 aromatic carbocycles. The minimum atomic E-state index is 0.0717. The predicted molar refractivity (Wildman–Crippen MR) is 60.6 cm³/mol. The third-order valence-corrected chi connectivity index (χ3v) is 4.01. The standard InChI is InChI=1S/C12H22N2O/c1-12(6-4-7-12)9-14-8-3-5-10(13-2)11(14)15/h10,13H,3-9H2,1-2H3. The van der Waals surface area contributed by atoms with E-state index in [-0.39, 0.29) is 6.04 Å². The number of amides is 1. The molecule has 0 radical (unpaired) electrons. The van der Waals surface area contributed by atoms with Crippen molar-refractivity contribution in [3.63, 3.8) is 0 Å². The van der Waals surface area contributed by atoms with E-state index >= 15 is 0 Å². The first kappa shape index (κ1) is 10.9. The molecule has 86 valence electrons. The van der Waals surface area contributed by atoms with Crippen molar-refractivity contribution in [2.75, 3.05) is 20.1 Å². The third kappa shape index (κ3) is 2.17. The van der Waals surface area contributed by atoms with E-state index in [1.807, 2.05) is 7.05 Å². The van der Waals surface area contributed by atoms with E-state index in [1.54, 1.807) is 0 Å². The highest BCUT2D eigenvalue weighted by Crippen LogP contribution is 2.41. The maximum Gasteiger partial charge on any atom is 0.239 e. The van der Waals surface area contributed by atoms with Gasteiger partial charge in [0.2, 0.25) is 5.91 Å². The van der Waals surface area contributed by atoms with E-state index in [0.29, 0.717) is 11.3 Å². The number of carbonyl (C=O) groups excluding carboxylic acids is 1. The van der Waals surface area contributed by atoms with Crippen molar-refractivity contribution in [3.8, 4) is 0 Å². The highest BCUT2D eigenvalue weighted by molar-refractivity contribution is 5.82. The van der Waals surface area contributed by atoms with Gasteiger partial charge >= 0.3 is 0 Å². The summed E-state index contributed by atoms with van der Waals surface area (Å²) in [5.41, 5.74) is 0.422. The molecule has 1 atom stereocenters. The van der Waals surface area contributed by atoms with Crippen molar-refractivity contribution in [2.45, 2.75) is 45.1 Å². The first-order valence-electron chi connectivity index (χ1n) is 6.11. The van der Waals surface area contributed by atoms with Crippen LogP contribution in [0, 0.1) is 5.41 Å². The summed E-state index contributed by atoms with van der Waals surface area (Å²) in [6.07, 6.45) is 6.08. The van der Waals surface area contributed by atoms with Crippen molar-refractivity contribution in [2.24, 2.45) is 5.41 Å². The quantitative estimate of drug-likeness (QED) is 0.763. The van der Waals surface area contributed by atoms with Crippen LogP contribution in [0.4, 0.5) is 0 Å². The maximum atomic E-state index is 12.0. The second-order valence-corrected chi connectivity index (χ2v) is 5.41. The van der Waals surface area contributed by atoms with Gasteiger partial charge in [0.15, 0.2) is 0 Å². The molecule has 0 bridgehead atoms. The number of carbonyl (C=O) groups is 1. The second-order valence-electron chi connectivity index (χ2n) is 5.41. The zero-order chi connectivity index (χ0) is 10.9. The Kier molecular flexibility index (Phi) is 3.01. The van der Waals surface area contributed by atoms with Crippen LogP contribution in [0.15, 0.2) is 0 Å². The molecule has 1 amide bonds. The Morgan fingerprint density at radius 1 is 1.47 bits per heavy atom. The van der Waals surface area contributed by atoms with Gasteiger partial charge < -0.3 is 10.2 Å². The Bertz CT molecular complexity index is 248. The lowest BCUT2D eigenvalue weighted by Gasteiger charge is -2.44. The normalized spacial score (nSPS) is 30.1. The first-order chi connectivity index (χ1) is 7.14. The van der Waals surface area contributed by atoms with E-state index in [4.69, 9.17) is 0 Å². The molecule has 1 heterocycles. The monoisotopic (exact) mass is 210 g/mol. The molecule has 1 aliphatic heterocycles. The van der Waals surface area contributed by atoms with Gasteiger partial charge in [-0.2, -0.15) is 0 Å². The average Bonchev–Trinajstić information content (AvgIpc) is 2.19. The van der Waals surface area contributed by atoms with Crippen LogP contribution in [0.1, 0.15) is 39.0 Å². The average molecular weight is 210 g/mol. The van der Waals surface area contributed by atoms with Gasteiger partial charge in [-0.05, 0) is 38.1 Å². The van der Waals surface area contributed by atoms with Gasteiger partial charge in [-0.25, -0.2) is 0 Å². The van der Waals surface area contributed by atoms with E-state index < -0.39 is 0 Å². The van der Waals surface area contributed by atoms with Gasteiger partial charge in [0.1, 0.15) is 0 Å². The molecule has 1 unspecified atom stereocenters. The smallest absolute Gasteiger partial charge is 0.239 e. The number of nitrogens with zero attached hydrogens (tertiary/aromatic N) is 1. The van der Waals surface area contributed by atoms with Crippen LogP contribution in [0.5, 0.6) is 0 Å². The van der Waals surface area contributed by atoms with E-state index in [9.17, 15) is 4.79 Å². The van der Waals surface area contributed by atoms with Gasteiger partial charge in [-0.1, -0.05) is 13.3 Å². The number of hydrogen-bond acceptors (Lipinski definition) is 2. The number of likely N-dealkylation sites (tertiary alicyclic amines) is 1. The Labute approximate surface area is 92.2 Å². The van der Waals surface area contributed by atoms with Crippen LogP contribution in [0.25, 0.3) is 0 Å². The van der Waals surface area contributed by atoms with Gasteiger partial charge in [-0.15, -0.1) is 0 Å². The lowest BCUT2D eigenvalue weighted by Crippen LogP contribution is -2.53. The molecule has 1 aliphatic carbocycles. The Balaban J connectivity index is 1.93. The molecular weight excluding hydrogens is 188 g/mol. The van der Waals surface area contributed by atoms with E-state index in [1.165, 1.54) is 19.3 Å². The number of rotatable bonds is 3. The molecule has 1 N–H and O–H groups in total. The molecule has 0 aromatic rings. The Hall–Kier alpha value is -0.570. The molecule has 2 fully saturated rings.